The molecule has 1 aromatic heterocycles. The SMILES string of the molecule is CCOC(=O)C1(C(O)c2ccccc2)CC(CNC(=O)c2nccc3ccccc23)=NO1. The molecule has 8 nitrogen and oxygen atoms in total. The van der Waals surface area contributed by atoms with Crippen molar-refractivity contribution in [1.82, 2.24) is 10.3 Å². The molecule has 0 spiro atoms. The molecule has 2 unspecified atom stereocenters. The minimum Gasteiger partial charge on any atom is -0.463 e. The molecule has 1 aliphatic heterocycles. The molecule has 4 rings (SSSR count). The van der Waals surface area contributed by atoms with Crippen molar-refractivity contribution in [3.05, 3.63) is 78.1 Å². The van der Waals surface area contributed by atoms with Crippen molar-refractivity contribution < 1.29 is 24.3 Å². The fraction of sp³-hybridized carbons (Fsp3) is 0.250. The molecule has 0 bridgehead atoms. The van der Waals surface area contributed by atoms with E-state index in [1.165, 1.54) is 0 Å². The van der Waals surface area contributed by atoms with Crippen LogP contribution < -0.4 is 5.32 Å². The Morgan fingerprint density at radius 2 is 1.91 bits per heavy atom. The maximum absolute atomic E-state index is 12.8. The van der Waals surface area contributed by atoms with Crippen molar-refractivity contribution in [2.75, 3.05) is 13.2 Å². The lowest BCUT2D eigenvalue weighted by Gasteiger charge is -2.29. The molecule has 0 fully saturated rings. The molecule has 2 atom stereocenters. The van der Waals surface area contributed by atoms with Gasteiger partial charge in [0.1, 0.15) is 11.8 Å². The van der Waals surface area contributed by atoms with Gasteiger partial charge in [-0.25, -0.2) is 4.79 Å². The number of esters is 1. The Kier molecular flexibility index (Phi) is 6.13. The first-order valence-corrected chi connectivity index (χ1v) is 10.3. The number of hydrogen-bond donors (Lipinski definition) is 2. The number of nitrogens with zero attached hydrogens (tertiary/aromatic N) is 2. The van der Waals surface area contributed by atoms with Gasteiger partial charge in [-0.1, -0.05) is 59.8 Å². The predicted molar refractivity (Wildman–Crippen MR) is 118 cm³/mol. The summed E-state index contributed by atoms with van der Waals surface area (Å²) in [5.74, 6) is -1.08. The normalized spacial score (nSPS) is 18.5. The van der Waals surface area contributed by atoms with Crippen LogP contribution in [0.25, 0.3) is 10.8 Å². The van der Waals surface area contributed by atoms with E-state index in [1.54, 1.807) is 37.4 Å². The molecule has 164 valence electrons. The second kappa shape index (κ2) is 9.15. The first-order chi connectivity index (χ1) is 15.5. The highest BCUT2D eigenvalue weighted by molar-refractivity contribution is 6.06. The summed E-state index contributed by atoms with van der Waals surface area (Å²) in [6.45, 7) is 1.84. The maximum Gasteiger partial charge on any atom is 0.356 e. The lowest BCUT2D eigenvalue weighted by molar-refractivity contribution is -0.185. The summed E-state index contributed by atoms with van der Waals surface area (Å²) in [7, 11) is 0. The number of amides is 1. The number of pyridine rings is 1. The minimum absolute atomic E-state index is 0.0227. The van der Waals surface area contributed by atoms with Gasteiger partial charge in [0.05, 0.1) is 18.9 Å². The fourth-order valence-corrected chi connectivity index (χ4v) is 3.70. The van der Waals surface area contributed by atoms with E-state index in [0.29, 0.717) is 17.0 Å². The fourth-order valence-electron chi connectivity index (χ4n) is 3.70. The Hall–Kier alpha value is -3.78. The second-order valence-electron chi connectivity index (χ2n) is 7.41. The van der Waals surface area contributed by atoms with Crippen molar-refractivity contribution in [3.8, 4) is 0 Å². The zero-order valence-electron chi connectivity index (χ0n) is 17.5. The Morgan fingerprint density at radius 3 is 2.69 bits per heavy atom. The minimum atomic E-state index is -1.71. The Balaban J connectivity index is 1.49. The third kappa shape index (κ3) is 4.04. The van der Waals surface area contributed by atoms with Gasteiger partial charge in [-0.05, 0) is 23.9 Å². The topological polar surface area (TPSA) is 110 Å². The number of ether oxygens (including phenoxy) is 1. The number of hydrogen-bond acceptors (Lipinski definition) is 7. The maximum atomic E-state index is 12.8. The van der Waals surface area contributed by atoms with Crippen LogP contribution in [0.15, 0.2) is 72.0 Å². The van der Waals surface area contributed by atoms with Crippen molar-refractivity contribution in [2.45, 2.75) is 25.0 Å². The summed E-state index contributed by atoms with van der Waals surface area (Å²) < 4.78 is 5.17. The number of carbonyl (C=O) groups excluding carboxylic acids is 2. The van der Waals surface area contributed by atoms with E-state index in [1.807, 2.05) is 36.4 Å². The zero-order chi connectivity index (χ0) is 22.6. The molecule has 2 heterocycles. The molecule has 3 aromatic rings. The summed E-state index contributed by atoms with van der Waals surface area (Å²) >= 11 is 0. The molecule has 32 heavy (non-hydrogen) atoms. The van der Waals surface area contributed by atoms with E-state index < -0.39 is 17.7 Å². The highest BCUT2D eigenvalue weighted by Gasteiger charge is 2.54. The van der Waals surface area contributed by atoms with Crippen molar-refractivity contribution in [3.63, 3.8) is 0 Å². The zero-order valence-corrected chi connectivity index (χ0v) is 17.5. The van der Waals surface area contributed by atoms with Crippen LogP contribution in [0.5, 0.6) is 0 Å². The van der Waals surface area contributed by atoms with Gasteiger partial charge in [0.2, 0.25) is 0 Å². The van der Waals surface area contributed by atoms with Crippen LogP contribution in [0, 0.1) is 0 Å². The number of oxime groups is 1. The number of fused-ring (bicyclic) bond motifs is 1. The molecule has 0 saturated heterocycles. The predicted octanol–water partition coefficient (Wildman–Crippen LogP) is 2.78. The summed E-state index contributed by atoms with van der Waals surface area (Å²) in [6, 6.07) is 18.0. The smallest absolute Gasteiger partial charge is 0.356 e. The number of aromatic nitrogens is 1. The van der Waals surface area contributed by atoms with Gasteiger partial charge < -0.3 is 20.0 Å². The molecule has 0 radical (unpaired) electrons. The van der Waals surface area contributed by atoms with E-state index in [2.05, 4.69) is 15.5 Å². The van der Waals surface area contributed by atoms with Crippen molar-refractivity contribution in [1.29, 1.82) is 0 Å². The van der Waals surface area contributed by atoms with Gasteiger partial charge in [0.15, 0.2) is 0 Å². The van der Waals surface area contributed by atoms with Crippen LogP contribution in [-0.4, -0.2) is 46.4 Å². The van der Waals surface area contributed by atoms with Crippen LogP contribution in [-0.2, 0) is 14.4 Å². The lowest BCUT2D eigenvalue weighted by atomic mass is 9.86. The largest absolute Gasteiger partial charge is 0.463 e. The number of benzene rings is 2. The van der Waals surface area contributed by atoms with E-state index in [-0.39, 0.29) is 25.5 Å². The standard InChI is InChI=1S/C24H23N3O5/c1-2-31-23(30)24(21(28)17-9-4-3-5-10-17)14-18(27-32-24)15-26-22(29)20-19-11-7-6-8-16(19)12-13-25-20/h3-13,21,28H,2,14-15H2,1H3,(H,26,29). The molecule has 1 amide bonds. The van der Waals surface area contributed by atoms with Crippen LogP contribution in [0.4, 0.5) is 0 Å². The lowest BCUT2D eigenvalue weighted by Crippen LogP contribution is -2.47. The number of nitrogens with one attached hydrogen (secondary N) is 1. The van der Waals surface area contributed by atoms with E-state index >= 15 is 0 Å². The molecule has 2 N–H and O–H groups in total. The van der Waals surface area contributed by atoms with Crippen LogP contribution in [0.1, 0.15) is 35.5 Å². The van der Waals surface area contributed by atoms with E-state index in [4.69, 9.17) is 9.57 Å². The molecule has 0 saturated carbocycles. The first-order valence-electron chi connectivity index (χ1n) is 10.3. The van der Waals surface area contributed by atoms with Gasteiger partial charge >= 0.3 is 5.97 Å². The first kappa shape index (κ1) is 21.5. The number of carbonyl (C=O) groups is 2. The van der Waals surface area contributed by atoms with Gasteiger partial charge in [0.25, 0.3) is 11.5 Å². The van der Waals surface area contributed by atoms with Crippen molar-refractivity contribution in [2.24, 2.45) is 5.16 Å². The third-order valence-electron chi connectivity index (χ3n) is 5.32. The monoisotopic (exact) mass is 433 g/mol. The Morgan fingerprint density at radius 1 is 1.16 bits per heavy atom. The quantitative estimate of drug-likeness (QED) is 0.555. The molecular weight excluding hydrogens is 410 g/mol. The average molecular weight is 433 g/mol. The van der Waals surface area contributed by atoms with Crippen LogP contribution >= 0.6 is 0 Å². The summed E-state index contributed by atoms with van der Waals surface area (Å²) in [5.41, 5.74) is -0.513. The average Bonchev–Trinajstić information content (AvgIpc) is 3.28. The Labute approximate surface area is 184 Å². The van der Waals surface area contributed by atoms with Gasteiger partial charge in [-0.2, -0.15) is 0 Å². The number of aliphatic hydroxyl groups is 1. The second-order valence-corrected chi connectivity index (χ2v) is 7.41. The highest BCUT2D eigenvalue weighted by Crippen LogP contribution is 2.38. The molecule has 2 aromatic carbocycles. The number of aliphatic hydroxyl groups excluding tert-OH is 1. The molecule has 8 heteroatoms. The summed E-state index contributed by atoms with van der Waals surface area (Å²) in [5, 5.41) is 19.4. The van der Waals surface area contributed by atoms with Crippen LogP contribution in [0.2, 0.25) is 0 Å². The summed E-state index contributed by atoms with van der Waals surface area (Å²) in [4.78, 5) is 35.2. The number of rotatable bonds is 7. The van der Waals surface area contributed by atoms with Gasteiger partial charge in [0, 0.05) is 18.0 Å². The molecule has 1 aliphatic rings. The van der Waals surface area contributed by atoms with E-state index in [0.717, 1.165) is 10.8 Å². The highest BCUT2D eigenvalue weighted by atomic mass is 16.7. The van der Waals surface area contributed by atoms with E-state index in [9.17, 15) is 14.7 Å². The summed E-state index contributed by atoms with van der Waals surface area (Å²) in [6.07, 6.45) is 0.264. The molecule has 0 aliphatic carbocycles. The molecular formula is C24H23N3O5. The van der Waals surface area contributed by atoms with Crippen LogP contribution in [0.3, 0.4) is 0 Å². The third-order valence-corrected chi connectivity index (χ3v) is 5.32. The van der Waals surface area contributed by atoms with Crippen molar-refractivity contribution >= 4 is 28.4 Å². The van der Waals surface area contributed by atoms with Gasteiger partial charge in [-0.15, -0.1) is 0 Å². The van der Waals surface area contributed by atoms with Gasteiger partial charge in [-0.3, -0.25) is 9.78 Å². The Bertz CT molecular complexity index is 1160.